The quantitative estimate of drug-likeness (QED) is 0.289. The molecule has 1 aromatic rings. The molecule has 0 bridgehead atoms. The van der Waals surface area contributed by atoms with Gasteiger partial charge in [0.05, 0.1) is 11.5 Å². The lowest BCUT2D eigenvalue weighted by atomic mass is 9.33. The maximum absolute atomic E-state index is 13.5. The molecule has 0 spiro atoms. The molecule has 1 aliphatic heterocycles. The van der Waals surface area contributed by atoms with E-state index in [1.165, 1.54) is 56.1 Å². The first-order chi connectivity index (χ1) is 22.6. The van der Waals surface area contributed by atoms with Crippen LogP contribution in [0.2, 0.25) is 0 Å². The number of carbonyl (C=O) groups excluding carboxylic acids is 2. The highest BCUT2D eigenvalue weighted by atomic mass is 32.2. The van der Waals surface area contributed by atoms with Crippen LogP contribution in [0.25, 0.3) is 5.57 Å². The summed E-state index contributed by atoms with van der Waals surface area (Å²) in [5.74, 6) is 3.15. The van der Waals surface area contributed by atoms with Crippen LogP contribution >= 0.6 is 0 Å². The van der Waals surface area contributed by atoms with Gasteiger partial charge in [-0.15, -0.1) is 0 Å². The van der Waals surface area contributed by atoms with Crippen molar-refractivity contribution in [3.63, 3.8) is 0 Å². The zero-order valence-corrected chi connectivity index (χ0v) is 31.3. The average Bonchev–Trinajstić information content (AvgIpc) is 3.47. The molecule has 8 atom stereocenters. The first-order valence-corrected chi connectivity index (χ1v) is 20.9. The van der Waals surface area contributed by atoms with Crippen LogP contribution in [0.3, 0.4) is 0 Å². The van der Waals surface area contributed by atoms with Crippen molar-refractivity contribution in [1.29, 1.82) is 0 Å². The number of fused-ring (bicyclic) bond motifs is 7. The molecule has 0 aromatic heterocycles. The van der Waals surface area contributed by atoms with E-state index in [1.807, 2.05) is 12.1 Å². The van der Waals surface area contributed by atoms with Crippen molar-refractivity contribution in [2.75, 3.05) is 37.7 Å². The van der Waals surface area contributed by atoms with Crippen molar-refractivity contribution in [2.45, 2.75) is 111 Å². The normalized spacial score (nSPS) is 41.6. The van der Waals surface area contributed by atoms with E-state index in [0.717, 1.165) is 44.2 Å². The second-order valence-electron chi connectivity index (χ2n) is 18.2. The number of hydrogen-bond donors (Lipinski definition) is 0. The Kier molecular flexibility index (Phi) is 8.46. The van der Waals surface area contributed by atoms with Crippen molar-refractivity contribution in [3.8, 4) is 0 Å². The SMILES string of the molecule is CC(=O)N(CCN1CCS(=O)(=O)CC1)C12CCCC1C1CCC3C4(C)CC=C(c5ccc(C=O)cc5)C(C)(C)C4CCC3(C)[C@]1(C)CC2. The highest BCUT2D eigenvalue weighted by Gasteiger charge is 2.70. The molecule has 7 heteroatoms. The van der Waals surface area contributed by atoms with E-state index in [2.05, 4.69) is 62.6 Å². The van der Waals surface area contributed by atoms with Crippen LogP contribution in [0.1, 0.15) is 122 Å². The van der Waals surface area contributed by atoms with Gasteiger partial charge in [-0.25, -0.2) is 8.42 Å². The lowest BCUT2D eigenvalue weighted by molar-refractivity contribution is -0.224. The molecule has 7 rings (SSSR count). The molecule has 7 unspecified atom stereocenters. The molecular formula is C41H60N2O4S. The molecule has 1 heterocycles. The molecule has 5 fully saturated rings. The van der Waals surface area contributed by atoms with Crippen molar-refractivity contribution >= 4 is 27.6 Å². The monoisotopic (exact) mass is 676 g/mol. The fraction of sp³-hybridized carbons (Fsp3) is 0.756. The van der Waals surface area contributed by atoms with E-state index in [9.17, 15) is 18.0 Å². The first-order valence-electron chi connectivity index (χ1n) is 19.1. The number of carbonyl (C=O) groups is 2. The van der Waals surface area contributed by atoms with Gasteiger partial charge in [0.1, 0.15) is 6.29 Å². The summed E-state index contributed by atoms with van der Waals surface area (Å²) >= 11 is 0. The lowest BCUT2D eigenvalue weighted by Gasteiger charge is -2.72. The number of rotatable bonds is 6. The number of amides is 1. The number of sulfone groups is 1. The number of aldehydes is 1. The summed E-state index contributed by atoms with van der Waals surface area (Å²) in [6.45, 7) is 17.4. The molecule has 1 amide bonds. The minimum Gasteiger partial charge on any atom is -0.336 e. The van der Waals surface area contributed by atoms with Gasteiger partial charge in [-0.3, -0.25) is 14.5 Å². The van der Waals surface area contributed by atoms with Gasteiger partial charge in [-0.2, -0.15) is 0 Å². The molecule has 1 aromatic carbocycles. The second kappa shape index (κ2) is 11.8. The van der Waals surface area contributed by atoms with Crippen molar-refractivity contribution in [3.05, 3.63) is 41.5 Å². The summed E-state index contributed by atoms with van der Waals surface area (Å²) in [4.78, 5) is 29.4. The van der Waals surface area contributed by atoms with Gasteiger partial charge in [0.25, 0.3) is 0 Å². The number of nitrogens with zero attached hydrogens (tertiary/aromatic N) is 2. The van der Waals surface area contributed by atoms with Crippen LogP contribution in [-0.2, 0) is 14.6 Å². The molecule has 6 aliphatic rings. The fourth-order valence-corrected chi connectivity index (χ4v) is 15.0. The predicted octanol–water partition coefficient (Wildman–Crippen LogP) is 7.68. The van der Waals surface area contributed by atoms with Crippen LogP contribution in [-0.4, -0.2) is 73.6 Å². The maximum Gasteiger partial charge on any atom is 0.219 e. The maximum atomic E-state index is 13.5. The minimum atomic E-state index is -2.91. The highest BCUT2D eigenvalue weighted by Crippen LogP contribution is 2.76. The summed E-state index contributed by atoms with van der Waals surface area (Å²) in [5, 5.41) is 0. The third-order valence-electron chi connectivity index (χ3n) is 16.2. The Morgan fingerprint density at radius 2 is 1.58 bits per heavy atom. The molecule has 4 saturated carbocycles. The smallest absolute Gasteiger partial charge is 0.219 e. The summed E-state index contributed by atoms with van der Waals surface area (Å²) in [5.41, 5.74) is 4.23. The Balaban J connectivity index is 1.15. The van der Waals surface area contributed by atoms with Gasteiger partial charge < -0.3 is 4.90 Å². The Hall–Kier alpha value is -1.99. The summed E-state index contributed by atoms with van der Waals surface area (Å²) in [6, 6.07) is 8.23. The molecule has 5 aliphatic carbocycles. The summed E-state index contributed by atoms with van der Waals surface area (Å²) in [7, 11) is -2.91. The molecule has 0 radical (unpaired) electrons. The first kappa shape index (κ1) is 34.5. The largest absolute Gasteiger partial charge is 0.336 e. The van der Waals surface area contributed by atoms with Gasteiger partial charge in [-0.05, 0) is 114 Å². The van der Waals surface area contributed by atoms with E-state index in [1.54, 1.807) is 6.92 Å². The zero-order chi connectivity index (χ0) is 34.3. The van der Waals surface area contributed by atoms with Crippen LogP contribution < -0.4 is 0 Å². The molecular weight excluding hydrogens is 617 g/mol. The van der Waals surface area contributed by atoms with Crippen LogP contribution in [0.5, 0.6) is 0 Å². The van der Waals surface area contributed by atoms with Gasteiger partial charge in [0.2, 0.25) is 5.91 Å². The van der Waals surface area contributed by atoms with Gasteiger partial charge in [-0.1, -0.05) is 71.4 Å². The molecule has 264 valence electrons. The van der Waals surface area contributed by atoms with Crippen molar-refractivity contribution < 1.29 is 18.0 Å². The van der Waals surface area contributed by atoms with Gasteiger partial charge in [0.15, 0.2) is 9.84 Å². The van der Waals surface area contributed by atoms with E-state index >= 15 is 0 Å². The molecule has 6 nitrogen and oxygen atoms in total. The fourth-order valence-electron chi connectivity index (χ4n) is 13.8. The summed E-state index contributed by atoms with van der Waals surface area (Å²) < 4.78 is 24.1. The highest BCUT2D eigenvalue weighted by molar-refractivity contribution is 7.91. The Bertz CT molecular complexity index is 1570. The Labute approximate surface area is 290 Å². The van der Waals surface area contributed by atoms with E-state index in [-0.39, 0.29) is 44.6 Å². The van der Waals surface area contributed by atoms with Crippen molar-refractivity contribution in [2.24, 2.45) is 45.3 Å². The standard InChI is InChI=1S/C41H60N2O4S/c1-29(45)43(23-22-42-24-26-48(46,47)27-25-42)41-17-7-8-34(41)33-13-14-36-38(4)18-15-32(31-11-9-30(28-44)10-12-31)37(2,3)35(38)16-19-40(36,6)39(33,5)20-21-41/h9-12,15,28,33-36H,7-8,13-14,16-27H2,1-6H3/t33?,34?,35?,36?,38?,39-,40?,41?/m1/s1. The van der Waals surface area contributed by atoms with Crippen LogP contribution in [0, 0.1) is 45.3 Å². The third-order valence-corrected chi connectivity index (χ3v) is 17.9. The van der Waals surface area contributed by atoms with E-state index in [0.29, 0.717) is 36.8 Å². The topological polar surface area (TPSA) is 74.8 Å². The lowest BCUT2D eigenvalue weighted by Crippen LogP contribution is -2.68. The van der Waals surface area contributed by atoms with Gasteiger partial charge >= 0.3 is 0 Å². The van der Waals surface area contributed by atoms with Crippen LogP contribution in [0.15, 0.2) is 30.3 Å². The average molecular weight is 677 g/mol. The molecule has 1 saturated heterocycles. The summed E-state index contributed by atoms with van der Waals surface area (Å²) in [6.07, 6.45) is 15.6. The second-order valence-corrected chi connectivity index (χ2v) is 20.5. The van der Waals surface area contributed by atoms with E-state index in [4.69, 9.17) is 0 Å². The molecule has 48 heavy (non-hydrogen) atoms. The Morgan fingerprint density at radius 3 is 2.25 bits per heavy atom. The molecule has 0 N–H and O–H groups in total. The number of hydrogen-bond acceptors (Lipinski definition) is 5. The van der Waals surface area contributed by atoms with Crippen molar-refractivity contribution in [1.82, 2.24) is 9.80 Å². The zero-order valence-electron chi connectivity index (χ0n) is 30.5. The predicted molar refractivity (Wildman–Crippen MR) is 193 cm³/mol. The van der Waals surface area contributed by atoms with Crippen LogP contribution in [0.4, 0.5) is 0 Å². The third kappa shape index (κ3) is 5.05. The number of benzene rings is 1. The van der Waals surface area contributed by atoms with E-state index < -0.39 is 9.84 Å². The van der Waals surface area contributed by atoms with Gasteiger partial charge in [0, 0.05) is 44.2 Å². The number of allylic oxidation sites excluding steroid dienone is 2. The Morgan fingerprint density at radius 1 is 0.875 bits per heavy atom. The minimum absolute atomic E-state index is 0.0496.